The van der Waals surface area contributed by atoms with Gasteiger partial charge in [-0.1, -0.05) is 0 Å². The number of nitrogens with two attached hydrogens (primary N) is 1. The van der Waals surface area contributed by atoms with E-state index in [0.29, 0.717) is 0 Å². The van der Waals surface area contributed by atoms with E-state index in [4.69, 9.17) is 10.8 Å². The van der Waals surface area contributed by atoms with Crippen LogP contribution in [0, 0.1) is 5.82 Å². The molecule has 0 heterocycles. The van der Waals surface area contributed by atoms with E-state index in [2.05, 4.69) is 4.74 Å². The Labute approximate surface area is 88.4 Å². The number of nitrogen functional groups attached to an aromatic ring is 1. The molecule has 0 fully saturated rings. The Hall–Kier alpha value is -1.50. The second-order valence-electron chi connectivity index (χ2n) is 3.01. The molecule has 0 amide bonds. The van der Waals surface area contributed by atoms with Crippen molar-refractivity contribution >= 4 is 5.69 Å². The zero-order valence-corrected chi connectivity index (χ0v) is 7.96. The molecule has 1 aromatic carbocycles. The molecule has 0 spiro atoms. The Morgan fingerprint density at radius 1 is 1.38 bits per heavy atom. The van der Waals surface area contributed by atoms with Gasteiger partial charge in [0.15, 0.2) is 0 Å². The molecule has 1 atom stereocenters. The normalized spacial score (nSPS) is 13.6. The van der Waals surface area contributed by atoms with Crippen LogP contribution in [0.2, 0.25) is 0 Å². The summed E-state index contributed by atoms with van der Waals surface area (Å²) >= 11 is 0. The van der Waals surface area contributed by atoms with Crippen LogP contribution < -0.4 is 10.5 Å². The highest BCUT2D eigenvalue weighted by Gasteiger charge is 2.41. The Morgan fingerprint density at radius 3 is 2.50 bits per heavy atom. The van der Waals surface area contributed by atoms with E-state index in [9.17, 15) is 17.6 Å². The van der Waals surface area contributed by atoms with Crippen LogP contribution in [0.25, 0.3) is 0 Å². The number of benzene rings is 1. The van der Waals surface area contributed by atoms with Crippen LogP contribution in [-0.2, 0) is 0 Å². The second-order valence-corrected chi connectivity index (χ2v) is 3.01. The van der Waals surface area contributed by atoms with Crippen molar-refractivity contribution in [2.45, 2.75) is 12.3 Å². The number of ether oxygens (including phenoxy) is 1. The molecule has 0 aromatic heterocycles. The topological polar surface area (TPSA) is 55.5 Å². The minimum Gasteiger partial charge on any atom is -0.476 e. The number of halogens is 4. The van der Waals surface area contributed by atoms with Crippen LogP contribution in [0.4, 0.5) is 23.2 Å². The highest BCUT2D eigenvalue weighted by molar-refractivity contribution is 5.52. The quantitative estimate of drug-likeness (QED) is 0.623. The minimum atomic E-state index is -4.74. The van der Waals surface area contributed by atoms with Crippen molar-refractivity contribution in [3.05, 3.63) is 24.0 Å². The molecular formula is C9H9F4NO2. The molecule has 1 aromatic rings. The lowest BCUT2D eigenvalue weighted by Gasteiger charge is -2.20. The zero-order chi connectivity index (χ0) is 12.3. The standard InChI is InChI=1S/C9H9F4NO2/c10-5-1-2-6(14)7(3-5)16-8(4-15)9(11,12)13/h1-3,8,15H,4,14H2. The number of rotatable bonds is 3. The molecule has 1 unspecified atom stereocenters. The highest BCUT2D eigenvalue weighted by atomic mass is 19.4. The number of aliphatic hydroxyl groups is 1. The first-order chi connectivity index (χ1) is 7.34. The third kappa shape index (κ3) is 2.99. The summed E-state index contributed by atoms with van der Waals surface area (Å²) in [5.74, 6) is -1.22. The van der Waals surface area contributed by atoms with Gasteiger partial charge in [-0.05, 0) is 12.1 Å². The fourth-order valence-corrected chi connectivity index (χ4v) is 0.971. The van der Waals surface area contributed by atoms with Gasteiger partial charge in [0.1, 0.15) is 11.6 Å². The van der Waals surface area contributed by atoms with Gasteiger partial charge in [-0.3, -0.25) is 0 Å². The molecule has 0 aliphatic heterocycles. The molecule has 90 valence electrons. The summed E-state index contributed by atoms with van der Waals surface area (Å²) in [6.07, 6.45) is -7.16. The van der Waals surface area contributed by atoms with Crippen molar-refractivity contribution in [3.63, 3.8) is 0 Å². The fourth-order valence-electron chi connectivity index (χ4n) is 0.971. The van der Waals surface area contributed by atoms with Gasteiger partial charge >= 0.3 is 6.18 Å². The van der Waals surface area contributed by atoms with E-state index in [-0.39, 0.29) is 5.69 Å². The molecule has 0 radical (unpaired) electrons. The van der Waals surface area contributed by atoms with E-state index < -0.39 is 30.5 Å². The average molecular weight is 239 g/mol. The monoisotopic (exact) mass is 239 g/mol. The van der Waals surface area contributed by atoms with Crippen LogP contribution in [0.5, 0.6) is 5.75 Å². The van der Waals surface area contributed by atoms with E-state index in [1.165, 1.54) is 0 Å². The van der Waals surface area contributed by atoms with Gasteiger partial charge in [-0.2, -0.15) is 13.2 Å². The molecule has 0 saturated heterocycles. The van der Waals surface area contributed by atoms with E-state index in [1.807, 2.05) is 0 Å². The third-order valence-electron chi connectivity index (χ3n) is 1.78. The van der Waals surface area contributed by atoms with Crippen molar-refractivity contribution in [2.24, 2.45) is 0 Å². The minimum absolute atomic E-state index is 0.135. The molecule has 16 heavy (non-hydrogen) atoms. The van der Waals surface area contributed by atoms with Gasteiger partial charge in [0, 0.05) is 6.07 Å². The molecule has 0 aliphatic carbocycles. The molecule has 1 rings (SSSR count). The predicted octanol–water partition coefficient (Wildman–Crippen LogP) is 1.71. The highest BCUT2D eigenvalue weighted by Crippen LogP contribution is 2.28. The van der Waals surface area contributed by atoms with E-state index >= 15 is 0 Å². The SMILES string of the molecule is Nc1ccc(F)cc1OC(CO)C(F)(F)F. The molecule has 3 nitrogen and oxygen atoms in total. The van der Waals surface area contributed by atoms with Crippen molar-refractivity contribution < 1.29 is 27.4 Å². The van der Waals surface area contributed by atoms with Crippen LogP contribution in [0.15, 0.2) is 18.2 Å². The van der Waals surface area contributed by atoms with Gasteiger partial charge in [-0.15, -0.1) is 0 Å². The van der Waals surface area contributed by atoms with Gasteiger partial charge in [0.2, 0.25) is 6.10 Å². The maximum atomic E-state index is 12.7. The van der Waals surface area contributed by atoms with Gasteiger partial charge in [-0.25, -0.2) is 4.39 Å². The first-order valence-electron chi connectivity index (χ1n) is 4.24. The number of hydrogen-bond acceptors (Lipinski definition) is 3. The largest absolute Gasteiger partial charge is 0.476 e. The van der Waals surface area contributed by atoms with Gasteiger partial charge in [0.05, 0.1) is 12.3 Å². The van der Waals surface area contributed by atoms with Gasteiger partial charge in [0.25, 0.3) is 0 Å². The average Bonchev–Trinajstić information content (AvgIpc) is 2.17. The molecule has 0 aliphatic rings. The van der Waals surface area contributed by atoms with Crippen molar-refractivity contribution in [3.8, 4) is 5.75 Å². The summed E-state index contributed by atoms with van der Waals surface area (Å²) in [4.78, 5) is 0. The van der Waals surface area contributed by atoms with Crippen LogP contribution in [0.1, 0.15) is 0 Å². The molecule has 7 heteroatoms. The van der Waals surface area contributed by atoms with Crippen molar-refractivity contribution in [1.82, 2.24) is 0 Å². The lowest BCUT2D eigenvalue weighted by Crippen LogP contribution is -2.37. The van der Waals surface area contributed by atoms with Crippen LogP contribution in [0.3, 0.4) is 0 Å². The Bertz CT molecular complexity index is 367. The van der Waals surface area contributed by atoms with Crippen LogP contribution in [-0.4, -0.2) is 24.0 Å². The smallest absolute Gasteiger partial charge is 0.427 e. The molecule has 3 N–H and O–H groups in total. The number of anilines is 1. The summed E-state index contributed by atoms with van der Waals surface area (Å²) < 4.78 is 53.8. The number of hydrogen-bond donors (Lipinski definition) is 2. The maximum absolute atomic E-state index is 12.7. The summed E-state index contributed by atoms with van der Waals surface area (Å²) in [5, 5.41) is 8.50. The zero-order valence-electron chi connectivity index (χ0n) is 7.96. The van der Waals surface area contributed by atoms with Crippen molar-refractivity contribution in [1.29, 1.82) is 0 Å². The van der Waals surface area contributed by atoms with E-state index in [1.54, 1.807) is 0 Å². The maximum Gasteiger partial charge on any atom is 0.427 e. The van der Waals surface area contributed by atoms with Crippen LogP contribution >= 0.6 is 0 Å². The molecule has 0 bridgehead atoms. The Kier molecular flexibility index (Phi) is 3.58. The predicted molar refractivity (Wildman–Crippen MR) is 48.4 cm³/mol. The summed E-state index contributed by atoms with van der Waals surface area (Å²) in [6, 6.07) is 2.79. The first kappa shape index (κ1) is 12.6. The van der Waals surface area contributed by atoms with Crippen molar-refractivity contribution in [2.75, 3.05) is 12.3 Å². The lowest BCUT2D eigenvalue weighted by molar-refractivity contribution is -0.203. The first-order valence-corrected chi connectivity index (χ1v) is 4.24. The Morgan fingerprint density at radius 2 is 2.00 bits per heavy atom. The number of aliphatic hydroxyl groups excluding tert-OH is 1. The second kappa shape index (κ2) is 4.56. The number of alkyl halides is 3. The molecule has 0 saturated carbocycles. The molecular weight excluding hydrogens is 230 g/mol. The fraction of sp³-hybridized carbons (Fsp3) is 0.333. The Balaban J connectivity index is 2.90. The lowest BCUT2D eigenvalue weighted by atomic mass is 10.3. The summed E-state index contributed by atoms with van der Waals surface area (Å²) in [6.45, 7) is -1.26. The third-order valence-corrected chi connectivity index (χ3v) is 1.78. The summed E-state index contributed by atoms with van der Waals surface area (Å²) in [7, 11) is 0. The summed E-state index contributed by atoms with van der Waals surface area (Å²) in [5.41, 5.74) is 5.16. The van der Waals surface area contributed by atoms with E-state index in [0.717, 1.165) is 18.2 Å². The van der Waals surface area contributed by atoms with Gasteiger partial charge < -0.3 is 15.6 Å².